The van der Waals surface area contributed by atoms with Crippen LogP contribution in [-0.2, 0) is 23.9 Å². The molecule has 2 heterocycles. The number of aliphatic hydroxyl groups is 1. The molecule has 1 aromatic rings. The summed E-state index contributed by atoms with van der Waals surface area (Å²) < 4.78 is 10.0. The Morgan fingerprint density at radius 1 is 1.28 bits per heavy atom. The normalized spacial score (nSPS) is 23.0. The van der Waals surface area contributed by atoms with E-state index >= 15 is 0 Å². The molecule has 0 spiro atoms. The zero-order valence-corrected chi connectivity index (χ0v) is 15.8. The van der Waals surface area contributed by atoms with Crippen LogP contribution in [-0.4, -0.2) is 83.4 Å². The van der Waals surface area contributed by atoms with Crippen LogP contribution in [0.4, 0.5) is 5.69 Å². The number of carbonyl (C=O) groups is 4. The third kappa shape index (κ3) is 4.54. The molecule has 3 rings (SSSR count). The van der Waals surface area contributed by atoms with Gasteiger partial charge in [-0.25, -0.2) is 4.79 Å². The smallest absolute Gasteiger partial charge is 0.348 e. The van der Waals surface area contributed by atoms with Crippen molar-refractivity contribution < 1.29 is 38.9 Å². The topological polar surface area (TPSA) is 134 Å². The molecule has 0 bridgehead atoms. The number of carboxylic acids is 1. The standard InChI is InChI=1S/C19H22N2O8/c1-11(22)29-16(19(26)27)15-18(25)21(7-8-28-15)13-4-2-3-12(9-13)17(24)20-6-5-14(23)10-20/h2-4,9,14-16,23H,5-8,10H2,1H3,(H,26,27). The Hall–Kier alpha value is -2.98. The Morgan fingerprint density at radius 2 is 2.03 bits per heavy atom. The lowest BCUT2D eigenvalue weighted by atomic mass is 10.1. The average molecular weight is 406 g/mol. The van der Waals surface area contributed by atoms with Gasteiger partial charge in [0.25, 0.3) is 11.8 Å². The number of anilines is 1. The molecule has 156 valence electrons. The van der Waals surface area contributed by atoms with Crippen LogP contribution in [0.3, 0.4) is 0 Å². The fourth-order valence-corrected chi connectivity index (χ4v) is 3.42. The fourth-order valence-electron chi connectivity index (χ4n) is 3.42. The lowest BCUT2D eigenvalue weighted by Crippen LogP contribution is -2.55. The van der Waals surface area contributed by atoms with Crippen LogP contribution in [0.15, 0.2) is 24.3 Å². The highest BCUT2D eigenvalue weighted by Gasteiger charge is 2.42. The molecule has 0 aliphatic carbocycles. The molecular weight excluding hydrogens is 384 g/mol. The van der Waals surface area contributed by atoms with Crippen molar-refractivity contribution in [1.82, 2.24) is 4.90 Å². The molecule has 3 atom stereocenters. The monoisotopic (exact) mass is 406 g/mol. The quantitative estimate of drug-likeness (QED) is 0.634. The van der Waals surface area contributed by atoms with Crippen molar-refractivity contribution >= 4 is 29.4 Å². The number of aliphatic carboxylic acids is 1. The number of carbonyl (C=O) groups excluding carboxylic acids is 3. The van der Waals surface area contributed by atoms with Gasteiger partial charge in [0.2, 0.25) is 6.10 Å². The maximum Gasteiger partial charge on any atom is 0.348 e. The minimum absolute atomic E-state index is 0.0396. The van der Waals surface area contributed by atoms with Crippen LogP contribution >= 0.6 is 0 Å². The van der Waals surface area contributed by atoms with E-state index in [0.29, 0.717) is 24.2 Å². The number of morpholine rings is 1. The number of hydrogen-bond donors (Lipinski definition) is 2. The van der Waals surface area contributed by atoms with Gasteiger partial charge in [0.15, 0.2) is 6.10 Å². The minimum atomic E-state index is -1.77. The predicted molar refractivity (Wildman–Crippen MR) is 98.3 cm³/mol. The van der Waals surface area contributed by atoms with Gasteiger partial charge in [-0.1, -0.05) is 6.07 Å². The second-order valence-corrected chi connectivity index (χ2v) is 6.89. The van der Waals surface area contributed by atoms with Crippen LogP contribution in [0.1, 0.15) is 23.7 Å². The van der Waals surface area contributed by atoms with E-state index in [1.54, 1.807) is 18.2 Å². The molecule has 2 amide bonds. The van der Waals surface area contributed by atoms with E-state index in [1.165, 1.54) is 15.9 Å². The zero-order chi connectivity index (χ0) is 21.1. The van der Waals surface area contributed by atoms with Crippen LogP contribution in [0.5, 0.6) is 0 Å². The number of nitrogens with zero attached hydrogens (tertiary/aromatic N) is 2. The Labute approximate surface area is 166 Å². The number of aliphatic hydroxyl groups excluding tert-OH is 1. The Balaban J connectivity index is 1.81. The summed E-state index contributed by atoms with van der Waals surface area (Å²) in [6, 6.07) is 6.39. The number of esters is 1. The molecule has 10 heteroatoms. The summed E-state index contributed by atoms with van der Waals surface area (Å²) in [6.07, 6.45) is -3.28. The van der Waals surface area contributed by atoms with Gasteiger partial charge in [0.05, 0.1) is 12.7 Å². The maximum atomic E-state index is 12.9. The summed E-state index contributed by atoms with van der Waals surface area (Å²) in [5, 5.41) is 18.9. The Morgan fingerprint density at radius 3 is 2.66 bits per heavy atom. The van der Waals surface area contributed by atoms with Crippen LogP contribution in [0.25, 0.3) is 0 Å². The summed E-state index contributed by atoms with van der Waals surface area (Å²) in [7, 11) is 0. The van der Waals surface area contributed by atoms with E-state index in [-0.39, 0.29) is 25.6 Å². The number of benzene rings is 1. The third-order valence-corrected chi connectivity index (χ3v) is 4.79. The van der Waals surface area contributed by atoms with Gasteiger partial charge < -0.3 is 29.5 Å². The fraction of sp³-hybridized carbons (Fsp3) is 0.474. The summed E-state index contributed by atoms with van der Waals surface area (Å²) in [6.45, 7) is 1.95. The van der Waals surface area contributed by atoms with Crippen LogP contribution in [0.2, 0.25) is 0 Å². The number of amides is 2. The van der Waals surface area contributed by atoms with E-state index in [4.69, 9.17) is 9.47 Å². The lowest BCUT2D eigenvalue weighted by Gasteiger charge is -2.34. The first kappa shape index (κ1) is 20.7. The van der Waals surface area contributed by atoms with Crippen LogP contribution < -0.4 is 4.90 Å². The van der Waals surface area contributed by atoms with E-state index in [0.717, 1.165) is 6.92 Å². The maximum absolute atomic E-state index is 12.9. The van der Waals surface area contributed by atoms with Crippen molar-refractivity contribution in [3.05, 3.63) is 29.8 Å². The zero-order valence-electron chi connectivity index (χ0n) is 15.8. The first-order valence-corrected chi connectivity index (χ1v) is 9.18. The van der Waals surface area contributed by atoms with Crippen molar-refractivity contribution in [2.24, 2.45) is 0 Å². The van der Waals surface area contributed by atoms with E-state index in [2.05, 4.69) is 0 Å². The summed E-state index contributed by atoms with van der Waals surface area (Å²) in [5.41, 5.74) is 0.753. The second kappa shape index (κ2) is 8.58. The number of hydrogen-bond acceptors (Lipinski definition) is 7. The molecule has 1 aromatic carbocycles. The molecule has 2 aliphatic rings. The highest BCUT2D eigenvalue weighted by Crippen LogP contribution is 2.24. The van der Waals surface area contributed by atoms with E-state index < -0.39 is 36.2 Å². The number of ether oxygens (including phenoxy) is 2. The lowest BCUT2D eigenvalue weighted by molar-refractivity contribution is -0.177. The minimum Gasteiger partial charge on any atom is -0.478 e. The van der Waals surface area contributed by atoms with Crippen molar-refractivity contribution in [3.8, 4) is 0 Å². The number of β-amino-alcohol motifs (C(OH)–C–C–N with tert-alkyl or cyclic N) is 1. The summed E-state index contributed by atoms with van der Waals surface area (Å²) >= 11 is 0. The molecule has 2 N–H and O–H groups in total. The molecule has 2 fully saturated rings. The summed E-state index contributed by atoms with van der Waals surface area (Å²) in [5.74, 6) is -3.27. The van der Waals surface area contributed by atoms with Crippen molar-refractivity contribution in [1.29, 1.82) is 0 Å². The first-order valence-electron chi connectivity index (χ1n) is 9.18. The number of likely N-dealkylation sites (tertiary alicyclic amines) is 1. The van der Waals surface area contributed by atoms with Gasteiger partial charge in [0, 0.05) is 37.8 Å². The van der Waals surface area contributed by atoms with Gasteiger partial charge in [-0.3, -0.25) is 14.4 Å². The molecule has 2 saturated heterocycles. The Bertz CT molecular complexity index is 826. The average Bonchev–Trinajstić information content (AvgIpc) is 3.12. The molecule has 2 aliphatic heterocycles. The van der Waals surface area contributed by atoms with Crippen molar-refractivity contribution in [3.63, 3.8) is 0 Å². The first-order chi connectivity index (χ1) is 13.8. The van der Waals surface area contributed by atoms with Crippen molar-refractivity contribution in [2.75, 3.05) is 31.1 Å². The second-order valence-electron chi connectivity index (χ2n) is 6.89. The van der Waals surface area contributed by atoms with Gasteiger partial charge in [-0.2, -0.15) is 0 Å². The highest BCUT2D eigenvalue weighted by atomic mass is 16.6. The molecule has 0 radical (unpaired) electrons. The van der Waals surface area contributed by atoms with Gasteiger partial charge in [-0.15, -0.1) is 0 Å². The largest absolute Gasteiger partial charge is 0.478 e. The highest BCUT2D eigenvalue weighted by molar-refractivity contribution is 6.02. The predicted octanol–water partition coefficient (Wildman–Crippen LogP) is -0.358. The van der Waals surface area contributed by atoms with Crippen molar-refractivity contribution in [2.45, 2.75) is 31.7 Å². The molecule has 0 saturated carbocycles. The number of rotatable bonds is 5. The molecule has 10 nitrogen and oxygen atoms in total. The molecule has 0 aromatic heterocycles. The third-order valence-electron chi connectivity index (χ3n) is 4.79. The van der Waals surface area contributed by atoms with E-state index in [9.17, 15) is 29.4 Å². The van der Waals surface area contributed by atoms with Crippen LogP contribution in [0, 0.1) is 0 Å². The SMILES string of the molecule is CC(=O)OC(C(=O)O)C1OCCN(c2cccc(C(=O)N3CCC(O)C3)c2)C1=O. The molecular formula is C19H22N2O8. The van der Waals surface area contributed by atoms with Gasteiger partial charge in [0.1, 0.15) is 0 Å². The van der Waals surface area contributed by atoms with Gasteiger partial charge >= 0.3 is 11.9 Å². The van der Waals surface area contributed by atoms with E-state index in [1.807, 2.05) is 0 Å². The molecule has 3 unspecified atom stereocenters. The molecule has 29 heavy (non-hydrogen) atoms. The summed E-state index contributed by atoms with van der Waals surface area (Å²) in [4.78, 5) is 51.0. The Kier molecular flexibility index (Phi) is 6.14. The van der Waals surface area contributed by atoms with Gasteiger partial charge in [-0.05, 0) is 24.6 Å². The number of carboxylic acid groups (broad SMARTS) is 1.